The molecule has 14 aromatic rings. The maximum absolute atomic E-state index is 6.27. The average molecular weight is 1180 g/mol. The molecule has 0 unspecified atom stereocenters. The number of hydrogen-bond donors (Lipinski definition) is 0. The molecular weight excluding hydrogens is 1120 g/mol. The summed E-state index contributed by atoms with van der Waals surface area (Å²) in [6.07, 6.45) is 0. The minimum Gasteiger partial charge on any atom is -0.399 e. The van der Waals surface area contributed by atoms with Crippen LogP contribution >= 0.6 is 15.9 Å². The number of nitrogens with zero attached hydrogens (tertiary/aromatic N) is 4. The molecule has 15 rings (SSSR count). The number of rotatable bonds is 10. The SMILES string of the molecule is Brc1ccc(N(c2ccccc2)c2ccccc2)cc1.CC1(C)OB(c2ccc3c(c2)c2ccccc2n3-c2ccccc2)OC1(C)C.c1ccc(N(c2ccccc2)c2ccc(-c3ccc4c(c3)c3ccccc3n4-c3ccccc3)cc2)cc1. The molecule has 0 amide bonds. The van der Waals surface area contributed by atoms with Crippen molar-refractivity contribution < 1.29 is 9.31 Å². The fourth-order valence-corrected chi connectivity index (χ4v) is 11.8. The van der Waals surface area contributed by atoms with Crippen molar-refractivity contribution in [3.63, 3.8) is 0 Å². The molecule has 3 heterocycles. The zero-order valence-corrected chi connectivity index (χ0v) is 50.2. The van der Waals surface area contributed by atoms with E-state index in [-0.39, 0.29) is 18.3 Å². The summed E-state index contributed by atoms with van der Waals surface area (Å²) in [5.74, 6) is 0. The van der Waals surface area contributed by atoms with E-state index in [4.69, 9.17) is 9.31 Å². The minimum atomic E-state index is -0.353. The first-order chi connectivity index (χ1) is 42.1. The first-order valence-corrected chi connectivity index (χ1v) is 30.1. The minimum absolute atomic E-state index is 0.343. The van der Waals surface area contributed by atoms with Crippen LogP contribution in [0.3, 0.4) is 0 Å². The Kier molecular flexibility index (Phi) is 15.6. The topological polar surface area (TPSA) is 34.8 Å². The highest BCUT2D eigenvalue weighted by molar-refractivity contribution is 9.10. The molecule has 6 nitrogen and oxygen atoms in total. The summed E-state index contributed by atoms with van der Waals surface area (Å²) in [6.45, 7) is 8.36. The van der Waals surface area contributed by atoms with Crippen molar-refractivity contribution in [2.75, 3.05) is 9.80 Å². The average Bonchev–Trinajstić information content (AvgIpc) is 3.02. The highest BCUT2D eigenvalue weighted by Gasteiger charge is 2.51. The van der Waals surface area contributed by atoms with Gasteiger partial charge in [0, 0.05) is 71.5 Å². The van der Waals surface area contributed by atoms with Crippen LogP contribution in [0.15, 0.2) is 320 Å². The molecule has 0 radical (unpaired) electrons. The number of aromatic nitrogens is 2. The summed E-state index contributed by atoms with van der Waals surface area (Å²) in [5, 5.41) is 4.98. The number of benzene rings is 12. The predicted molar refractivity (Wildman–Crippen MR) is 366 cm³/mol. The molecule has 0 saturated carbocycles. The van der Waals surface area contributed by atoms with E-state index in [1.807, 2.05) is 18.2 Å². The third-order valence-electron chi connectivity index (χ3n) is 16.5. The number of fused-ring (bicyclic) bond motifs is 6. The summed E-state index contributed by atoms with van der Waals surface area (Å²) in [7, 11) is -0.353. The van der Waals surface area contributed by atoms with Crippen molar-refractivity contribution in [3.8, 4) is 22.5 Å². The van der Waals surface area contributed by atoms with Crippen LogP contribution < -0.4 is 15.3 Å². The van der Waals surface area contributed by atoms with Gasteiger partial charge in [0.2, 0.25) is 0 Å². The van der Waals surface area contributed by atoms with Crippen molar-refractivity contribution in [1.29, 1.82) is 0 Å². The third-order valence-corrected chi connectivity index (χ3v) is 17.1. The van der Waals surface area contributed by atoms with Gasteiger partial charge in [-0.25, -0.2) is 0 Å². The van der Waals surface area contributed by atoms with Crippen LogP contribution in [0.1, 0.15) is 27.7 Å². The molecule has 0 bridgehead atoms. The maximum atomic E-state index is 6.27. The number of para-hydroxylation sites is 8. The number of hydrogen-bond acceptors (Lipinski definition) is 4. The molecule has 0 spiro atoms. The second-order valence-electron chi connectivity index (χ2n) is 22.5. The fraction of sp³-hybridized carbons (Fsp3) is 0.0769. The van der Waals surface area contributed by atoms with Gasteiger partial charge in [-0.2, -0.15) is 0 Å². The molecular formula is C78H64BBrN4O2. The lowest BCUT2D eigenvalue weighted by Gasteiger charge is -2.32. The van der Waals surface area contributed by atoms with E-state index in [1.165, 1.54) is 60.4 Å². The van der Waals surface area contributed by atoms with Crippen molar-refractivity contribution >= 4 is 106 Å². The molecule has 418 valence electrons. The highest BCUT2D eigenvalue weighted by atomic mass is 79.9. The molecule has 8 heteroatoms. The molecule has 86 heavy (non-hydrogen) atoms. The van der Waals surface area contributed by atoms with Crippen LogP contribution in [0.25, 0.3) is 66.1 Å². The Balaban J connectivity index is 0.000000126. The van der Waals surface area contributed by atoms with E-state index in [0.29, 0.717) is 0 Å². The molecule has 2 aromatic heterocycles. The standard InChI is InChI=1S/C36H26N2.C24H24BNO2.C18H14BrN/c1-4-12-29(13-5-1)37(30-14-6-2-7-15-30)32-23-20-27(21-24-32)28-22-25-36-34(26-28)33-18-10-11-19-35(33)38(36)31-16-8-3-9-17-31;1-23(2)24(3,4)28-25(27-23)17-14-15-22-20(16-17)19-12-8-9-13-21(19)26(22)18-10-6-5-7-11-18;19-15-11-13-18(14-12-15)20(16-7-3-1-4-8-16)17-9-5-2-6-10-17/h1-26H;5-16H,1-4H3;1-14H. The Bertz CT molecular complexity index is 4480. The smallest absolute Gasteiger partial charge is 0.399 e. The van der Waals surface area contributed by atoms with Gasteiger partial charge in [-0.15, -0.1) is 0 Å². The monoisotopic (exact) mass is 1180 g/mol. The van der Waals surface area contributed by atoms with Gasteiger partial charge >= 0.3 is 7.12 Å². The Morgan fingerprint density at radius 2 is 0.616 bits per heavy atom. The summed E-state index contributed by atoms with van der Waals surface area (Å²) in [6, 6.07) is 111. The number of halogens is 1. The normalized spacial score (nSPS) is 13.2. The first kappa shape index (κ1) is 55.5. The van der Waals surface area contributed by atoms with E-state index >= 15 is 0 Å². The first-order valence-electron chi connectivity index (χ1n) is 29.3. The lowest BCUT2D eigenvalue weighted by Crippen LogP contribution is -2.41. The fourth-order valence-electron chi connectivity index (χ4n) is 11.6. The molecule has 0 N–H and O–H groups in total. The summed E-state index contributed by atoms with van der Waals surface area (Å²) >= 11 is 3.49. The van der Waals surface area contributed by atoms with Crippen LogP contribution in [0, 0.1) is 0 Å². The quantitative estimate of drug-likeness (QED) is 0.128. The molecule has 1 aliphatic heterocycles. The van der Waals surface area contributed by atoms with Crippen LogP contribution in [0.5, 0.6) is 0 Å². The van der Waals surface area contributed by atoms with Crippen molar-refractivity contribution in [3.05, 3.63) is 320 Å². The summed E-state index contributed by atoms with van der Waals surface area (Å²) < 4.78 is 18.3. The molecule has 12 aromatic carbocycles. The van der Waals surface area contributed by atoms with Gasteiger partial charge in [0.25, 0.3) is 0 Å². The van der Waals surface area contributed by atoms with Crippen LogP contribution in [0.2, 0.25) is 0 Å². The molecule has 1 fully saturated rings. The van der Waals surface area contributed by atoms with Crippen molar-refractivity contribution in [2.24, 2.45) is 0 Å². The number of anilines is 6. The lowest BCUT2D eigenvalue weighted by molar-refractivity contribution is 0.00578. The second-order valence-corrected chi connectivity index (χ2v) is 23.4. The second kappa shape index (κ2) is 24.1. The van der Waals surface area contributed by atoms with Gasteiger partial charge < -0.3 is 28.2 Å². The summed E-state index contributed by atoms with van der Waals surface area (Å²) in [5.41, 5.74) is 16.8. The highest BCUT2D eigenvalue weighted by Crippen LogP contribution is 2.41. The Morgan fingerprint density at radius 1 is 0.302 bits per heavy atom. The van der Waals surface area contributed by atoms with Crippen LogP contribution in [-0.2, 0) is 9.31 Å². The van der Waals surface area contributed by atoms with E-state index in [1.54, 1.807) is 0 Å². The van der Waals surface area contributed by atoms with Gasteiger partial charge in [0.05, 0.1) is 33.3 Å². The summed E-state index contributed by atoms with van der Waals surface area (Å²) in [4.78, 5) is 4.53. The Morgan fingerprint density at radius 3 is 1.03 bits per heavy atom. The zero-order valence-electron chi connectivity index (χ0n) is 48.6. The van der Waals surface area contributed by atoms with Gasteiger partial charge in [-0.3, -0.25) is 0 Å². The van der Waals surface area contributed by atoms with E-state index in [2.05, 4.69) is 360 Å². The molecule has 1 aliphatic rings. The zero-order chi connectivity index (χ0) is 58.6. The molecule has 0 aliphatic carbocycles. The van der Waals surface area contributed by atoms with Crippen molar-refractivity contribution in [1.82, 2.24) is 9.13 Å². The largest absolute Gasteiger partial charge is 0.494 e. The predicted octanol–water partition coefficient (Wildman–Crippen LogP) is 20.9. The van der Waals surface area contributed by atoms with Crippen LogP contribution in [0.4, 0.5) is 34.1 Å². The van der Waals surface area contributed by atoms with Crippen LogP contribution in [-0.4, -0.2) is 27.5 Å². The lowest BCUT2D eigenvalue weighted by atomic mass is 9.78. The van der Waals surface area contributed by atoms with E-state index in [0.717, 1.165) is 49.7 Å². The molecule has 0 atom stereocenters. The third kappa shape index (κ3) is 11.1. The van der Waals surface area contributed by atoms with Gasteiger partial charge in [-0.05, 0) is 184 Å². The maximum Gasteiger partial charge on any atom is 0.494 e. The van der Waals surface area contributed by atoms with Gasteiger partial charge in [0.1, 0.15) is 0 Å². The van der Waals surface area contributed by atoms with E-state index < -0.39 is 0 Å². The van der Waals surface area contributed by atoms with Gasteiger partial charge in [-0.1, -0.05) is 192 Å². The Labute approximate surface area is 512 Å². The van der Waals surface area contributed by atoms with Crippen molar-refractivity contribution in [2.45, 2.75) is 38.9 Å². The van der Waals surface area contributed by atoms with Gasteiger partial charge in [0.15, 0.2) is 0 Å². The Hall–Kier alpha value is -9.70. The molecule has 1 saturated heterocycles. The van der Waals surface area contributed by atoms with E-state index in [9.17, 15) is 0 Å².